The molecule has 3 nitrogen and oxygen atoms in total. The molecule has 0 aliphatic heterocycles. The van der Waals surface area contributed by atoms with E-state index in [2.05, 4.69) is 23.3 Å². The Morgan fingerprint density at radius 2 is 2.13 bits per heavy atom. The van der Waals surface area contributed by atoms with Gasteiger partial charge >= 0.3 is 0 Å². The van der Waals surface area contributed by atoms with Crippen LogP contribution in [0.5, 0.6) is 0 Å². The van der Waals surface area contributed by atoms with Crippen molar-refractivity contribution in [1.29, 1.82) is 0 Å². The molecule has 1 fully saturated rings. The molecule has 0 spiro atoms. The Kier molecular flexibility index (Phi) is 1.55. The normalized spacial score (nSPS) is 18.3. The summed E-state index contributed by atoms with van der Waals surface area (Å²) in [6.07, 6.45) is 2.19. The summed E-state index contributed by atoms with van der Waals surface area (Å²) in [5, 5.41) is 5.68. The van der Waals surface area contributed by atoms with Crippen molar-refractivity contribution >= 4 is 10.9 Å². The summed E-state index contributed by atoms with van der Waals surface area (Å²) >= 11 is 0. The standard InChI is InChI=1S/C12H15N3/c1-8-9-4-3-5-10(12(13)6-7-12)11(9)15(2)14-8/h3-5H,6-7,13H2,1-2H3. The molecule has 2 aromatic rings. The van der Waals surface area contributed by atoms with Crippen molar-refractivity contribution in [2.24, 2.45) is 12.8 Å². The lowest BCUT2D eigenvalue weighted by Gasteiger charge is -2.11. The van der Waals surface area contributed by atoms with Crippen molar-refractivity contribution in [2.75, 3.05) is 0 Å². The van der Waals surface area contributed by atoms with Gasteiger partial charge in [-0.05, 0) is 25.3 Å². The van der Waals surface area contributed by atoms with Gasteiger partial charge in [-0.3, -0.25) is 4.68 Å². The zero-order valence-electron chi connectivity index (χ0n) is 9.12. The van der Waals surface area contributed by atoms with Gasteiger partial charge in [0.1, 0.15) is 0 Å². The van der Waals surface area contributed by atoms with E-state index in [4.69, 9.17) is 5.73 Å². The Hall–Kier alpha value is -1.35. The van der Waals surface area contributed by atoms with Crippen LogP contribution in [0.25, 0.3) is 10.9 Å². The highest BCUT2D eigenvalue weighted by Gasteiger charge is 2.41. The molecule has 1 aliphatic carbocycles. The Balaban J connectivity index is 2.39. The fraction of sp³-hybridized carbons (Fsp3) is 0.417. The van der Waals surface area contributed by atoms with Crippen molar-refractivity contribution < 1.29 is 0 Å². The fourth-order valence-electron chi connectivity index (χ4n) is 2.32. The van der Waals surface area contributed by atoms with E-state index in [-0.39, 0.29) is 5.54 Å². The van der Waals surface area contributed by atoms with Gasteiger partial charge in [0.25, 0.3) is 0 Å². The lowest BCUT2D eigenvalue weighted by atomic mass is 10.0. The number of benzene rings is 1. The Bertz CT molecular complexity index is 535. The van der Waals surface area contributed by atoms with Crippen LogP contribution in [0.2, 0.25) is 0 Å². The zero-order chi connectivity index (χ0) is 10.6. The Morgan fingerprint density at radius 1 is 1.40 bits per heavy atom. The summed E-state index contributed by atoms with van der Waals surface area (Å²) in [6, 6.07) is 6.34. The van der Waals surface area contributed by atoms with Crippen LogP contribution in [0, 0.1) is 6.92 Å². The first-order valence-corrected chi connectivity index (χ1v) is 5.33. The lowest BCUT2D eigenvalue weighted by Crippen LogP contribution is -2.19. The van der Waals surface area contributed by atoms with Crippen LogP contribution in [0.1, 0.15) is 24.1 Å². The summed E-state index contributed by atoms with van der Waals surface area (Å²) < 4.78 is 1.95. The third-order valence-electron chi connectivity index (χ3n) is 3.37. The molecule has 0 bridgehead atoms. The molecule has 1 aliphatic rings. The summed E-state index contributed by atoms with van der Waals surface area (Å²) in [6.45, 7) is 2.04. The highest BCUT2D eigenvalue weighted by molar-refractivity contribution is 5.86. The first kappa shape index (κ1) is 8.92. The van der Waals surface area contributed by atoms with E-state index in [1.54, 1.807) is 0 Å². The second-order valence-corrected chi connectivity index (χ2v) is 4.57. The summed E-state index contributed by atoms with van der Waals surface area (Å²) in [7, 11) is 1.99. The van der Waals surface area contributed by atoms with Crippen molar-refractivity contribution in [3.8, 4) is 0 Å². The van der Waals surface area contributed by atoms with Gasteiger partial charge in [-0.1, -0.05) is 18.2 Å². The average Bonchev–Trinajstić information content (AvgIpc) is 2.89. The molecule has 0 atom stereocenters. The highest BCUT2D eigenvalue weighted by Crippen LogP contribution is 2.45. The van der Waals surface area contributed by atoms with Crippen LogP contribution < -0.4 is 5.73 Å². The Morgan fingerprint density at radius 3 is 2.80 bits per heavy atom. The van der Waals surface area contributed by atoms with Gasteiger partial charge in [-0.15, -0.1) is 0 Å². The number of hydrogen-bond acceptors (Lipinski definition) is 2. The van der Waals surface area contributed by atoms with Gasteiger partial charge in [0.05, 0.1) is 11.2 Å². The predicted octanol–water partition coefficient (Wildman–Crippen LogP) is 1.83. The fourth-order valence-corrected chi connectivity index (χ4v) is 2.32. The van der Waals surface area contributed by atoms with Crippen LogP contribution in [0.4, 0.5) is 0 Å². The molecule has 78 valence electrons. The maximum atomic E-state index is 6.27. The minimum atomic E-state index is -0.0836. The molecule has 1 heterocycles. The monoisotopic (exact) mass is 201 g/mol. The smallest absolute Gasteiger partial charge is 0.0732 e. The third kappa shape index (κ3) is 1.13. The number of aromatic nitrogens is 2. The van der Waals surface area contributed by atoms with Gasteiger partial charge in [0.15, 0.2) is 0 Å². The van der Waals surface area contributed by atoms with Crippen molar-refractivity contribution in [2.45, 2.75) is 25.3 Å². The average molecular weight is 201 g/mol. The van der Waals surface area contributed by atoms with Crippen molar-refractivity contribution in [3.63, 3.8) is 0 Å². The maximum absolute atomic E-state index is 6.27. The second kappa shape index (κ2) is 2.61. The summed E-state index contributed by atoms with van der Waals surface area (Å²) in [5.74, 6) is 0. The van der Waals surface area contributed by atoms with E-state index >= 15 is 0 Å². The largest absolute Gasteiger partial charge is 0.321 e. The van der Waals surface area contributed by atoms with Crippen LogP contribution in [-0.4, -0.2) is 9.78 Å². The quantitative estimate of drug-likeness (QED) is 0.765. The highest BCUT2D eigenvalue weighted by atomic mass is 15.3. The zero-order valence-corrected chi connectivity index (χ0v) is 9.12. The molecular formula is C12H15N3. The second-order valence-electron chi connectivity index (χ2n) is 4.57. The number of para-hydroxylation sites is 1. The summed E-state index contributed by atoms with van der Waals surface area (Å²) in [4.78, 5) is 0. The number of nitrogens with zero attached hydrogens (tertiary/aromatic N) is 2. The SMILES string of the molecule is Cc1nn(C)c2c(C3(N)CC3)cccc12. The lowest BCUT2D eigenvalue weighted by molar-refractivity contribution is 0.723. The van der Waals surface area contributed by atoms with Gasteiger partial charge in [-0.2, -0.15) is 5.10 Å². The van der Waals surface area contributed by atoms with E-state index in [9.17, 15) is 0 Å². The predicted molar refractivity (Wildman–Crippen MR) is 60.6 cm³/mol. The molecule has 0 saturated heterocycles. The van der Waals surface area contributed by atoms with Crippen molar-refractivity contribution in [1.82, 2.24) is 9.78 Å². The number of rotatable bonds is 1. The van der Waals surface area contributed by atoms with E-state index in [0.717, 1.165) is 18.5 Å². The van der Waals surface area contributed by atoms with Gasteiger partial charge in [-0.25, -0.2) is 0 Å². The van der Waals surface area contributed by atoms with Crippen LogP contribution in [-0.2, 0) is 12.6 Å². The van der Waals surface area contributed by atoms with Crippen molar-refractivity contribution in [3.05, 3.63) is 29.5 Å². The first-order valence-electron chi connectivity index (χ1n) is 5.33. The third-order valence-corrected chi connectivity index (χ3v) is 3.37. The first-order chi connectivity index (χ1) is 7.12. The van der Waals surface area contributed by atoms with Crippen LogP contribution >= 0.6 is 0 Å². The van der Waals surface area contributed by atoms with Crippen LogP contribution in [0.3, 0.4) is 0 Å². The minimum Gasteiger partial charge on any atom is -0.321 e. The minimum absolute atomic E-state index is 0.0836. The molecule has 1 aromatic heterocycles. The molecule has 3 rings (SSSR count). The molecule has 0 amide bonds. The number of fused-ring (bicyclic) bond motifs is 1. The van der Waals surface area contributed by atoms with E-state index in [0.29, 0.717) is 0 Å². The molecule has 1 saturated carbocycles. The van der Waals surface area contributed by atoms with E-state index < -0.39 is 0 Å². The molecule has 15 heavy (non-hydrogen) atoms. The molecule has 2 N–H and O–H groups in total. The van der Waals surface area contributed by atoms with E-state index in [1.165, 1.54) is 16.5 Å². The van der Waals surface area contributed by atoms with Gasteiger partial charge in [0.2, 0.25) is 0 Å². The molecule has 1 aromatic carbocycles. The Labute approximate surface area is 88.9 Å². The van der Waals surface area contributed by atoms with Crippen LogP contribution in [0.15, 0.2) is 18.2 Å². The molecular weight excluding hydrogens is 186 g/mol. The molecule has 0 radical (unpaired) electrons. The van der Waals surface area contributed by atoms with Gasteiger partial charge < -0.3 is 5.73 Å². The van der Waals surface area contributed by atoms with E-state index in [1.807, 2.05) is 18.7 Å². The number of hydrogen-bond donors (Lipinski definition) is 1. The maximum Gasteiger partial charge on any atom is 0.0732 e. The molecule has 0 unspecified atom stereocenters. The number of aryl methyl sites for hydroxylation is 2. The van der Waals surface area contributed by atoms with Gasteiger partial charge in [0, 0.05) is 18.0 Å². The summed E-state index contributed by atoms with van der Waals surface area (Å²) in [5.41, 5.74) is 9.73. The topological polar surface area (TPSA) is 43.8 Å². The molecule has 3 heteroatoms. The number of nitrogens with two attached hydrogens (primary N) is 1.